The van der Waals surface area contributed by atoms with E-state index in [4.69, 9.17) is 19.0 Å². The Balaban J connectivity index is 2.47. The van der Waals surface area contributed by atoms with Gasteiger partial charge in [0.1, 0.15) is 0 Å². The van der Waals surface area contributed by atoms with Crippen molar-refractivity contribution in [2.24, 2.45) is 17.6 Å². The highest BCUT2D eigenvalue weighted by Gasteiger charge is 2.44. The Kier molecular flexibility index (Phi) is 5.92. The van der Waals surface area contributed by atoms with E-state index in [1.807, 2.05) is 0 Å². The van der Waals surface area contributed by atoms with E-state index in [0.717, 1.165) is 25.7 Å². The Hall–Kier alpha value is 0.0569. The third-order valence-electron chi connectivity index (χ3n) is 2.50. The van der Waals surface area contributed by atoms with E-state index in [-0.39, 0.29) is 0 Å². The van der Waals surface area contributed by atoms with Crippen LogP contribution in [-0.2, 0) is 13.3 Å². The summed E-state index contributed by atoms with van der Waals surface area (Å²) in [6, 6.07) is 0.850. The van der Waals surface area contributed by atoms with Crippen molar-refractivity contribution in [3.05, 3.63) is 0 Å². The molecule has 1 saturated heterocycles. The first-order valence-electron chi connectivity index (χ1n) is 6.20. The van der Waals surface area contributed by atoms with Crippen LogP contribution in [0.4, 0.5) is 0 Å². The summed E-state index contributed by atoms with van der Waals surface area (Å²) < 4.78 is 17.7. The minimum absolute atomic E-state index is 0.473. The second kappa shape index (κ2) is 6.71. The van der Waals surface area contributed by atoms with Gasteiger partial charge < -0.3 is 19.0 Å². The minimum atomic E-state index is -2.39. The third-order valence-corrected chi connectivity index (χ3v) is 5.28. The molecule has 0 aromatic rings. The lowest BCUT2D eigenvalue weighted by atomic mass is 10.2. The summed E-state index contributed by atoms with van der Waals surface area (Å²) in [5.41, 5.74) is 5.54. The molecular formula is C11H25NO3Si. The fraction of sp³-hybridized carbons (Fsp3) is 1.00. The molecule has 1 fully saturated rings. The predicted octanol–water partition coefficient (Wildman–Crippen LogP) is 1.63. The molecule has 1 rings (SSSR count). The highest BCUT2D eigenvalue weighted by molar-refractivity contribution is 6.60. The summed E-state index contributed by atoms with van der Waals surface area (Å²) in [4.78, 5) is 0. The molecule has 1 heterocycles. The van der Waals surface area contributed by atoms with E-state index in [2.05, 4.69) is 20.8 Å². The molecular weight excluding hydrogens is 222 g/mol. The van der Waals surface area contributed by atoms with Crippen molar-refractivity contribution in [3.63, 3.8) is 0 Å². The van der Waals surface area contributed by atoms with Gasteiger partial charge in [0.15, 0.2) is 0 Å². The number of hydrogen-bond donors (Lipinski definition) is 1. The van der Waals surface area contributed by atoms with Gasteiger partial charge in [0, 0.05) is 31.8 Å². The fourth-order valence-electron chi connectivity index (χ4n) is 1.54. The SMILES string of the molecule is CC(C)CO[Si]1(CCCN)OCC(C)CO1. The molecule has 0 aliphatic carbocycles. The van der Waals surface area contributed by atoms with Crippen LogP contribution in [0.3, 0.4) is 0 Å². The quantitative estimate of drug-likeness (QED) is 0.725. The zero-order valence-electron chi connectivity index (χ0n) is 10.7. The standard InChI is InChI=1S/C11H25NO3Si/c1-10(2)7-13-16(6-4-5-12)14-8-11(3)9-15-16/h10-11H,4-9,12H2,1-3H3. The Labute approximate surface area is 99.8 Å². The van der Waals surface area contributed by atoms with Gasteiger partial charge in [-0.15, -0.1) is 0 Å². The molecule has 0 aromatic carbocycles. The molecule has 0 aromatic heterocycles. The molecule has 1 aliphatic heterocycles. The topological polar surface area (TPSA) is 53.7 Å². The van der Waals surface area contributed by atoms with Gasteiger partial charge in [-0.2, -0.15) is 0 Å². The van der Waals surface area contributed by atoms with Crippen LogP contribution in [-0.4, -0.2) is 35.2 Å². The lowest BCUT2D eigenvalue weighted by molar-refractivity contribution is -0.00939. The molecule has 1 aliphatic rings. The van der Waals surface area contributed by atoms with Gasteiger partial charge >= 0.3 is 8.80 Å². The van der Waals surface area contributed by atoms with Crippen molar-refractivity contribution in [3.8, 4) is 0 Å². The number of hydrogen-bond acceptors (Lipinski definition) is 4. The summed E-state index contributed by atoms with van der Waals surface area (Å²) in [5.74, 6) is 0.981. The van der Waals surface area contributed by atoms with E-state index in [0.29, 0.717) is 25.0 Å². The molecule has 0 spiro atoms. The van der Waals surface area contributed by atoms with E-state index < -0.39 is 8.80 Å². The van der Waals surface area contributed by atoms with Crippen LogP contribution in [0.1, 0.15) is 27.2 Å². The molecule has 0 unspecified atom stereocenters. The van der Waals surface area contributed by atoms with Crippen molar-refractivity contribution in [2.45, 2.75) is 33.2 Å². The first kappa shape index (κ1) is 14.1. The van der Waals surface area contributed by atoms with Crippen LogP contribution in [0.15, 0.2) is 0 Å². The molecule has 4 nitrogen and oxygen atoms in total. The highest BCUT2D eigenvalue weighted by Crippen LogP contribution is 2.24. The molecule has 16 heavy (non-hydrogen) atoms. The number of nitrogens with two attached hydrogens (primary N) is 1. The lowest BCUT2D eigenvalue weighted by Crippen LogP contribution is -2.52. The van der Waals surface area contributed by atoms with Crippen LogP contribution in [0, 0.1) is 11.8 Å². The summed E-state index contributed by atoms with van der Waals surface area (Å²) in [6.45, 7) is 9.30. The third kappa shape index (κ3) is 4.51. The maximum absolute atomic E-state index is 5.92. The monoisotopic (exact) mass is 247 g/mol. The molecule has 5 heteroatoms. The molecule has 0 atom stereocenters. The summed E-state index contributed by atoms with van der Waals surface area (Å²) in [5, 5.41) is 0. The lowest BCUT2D eigenvalue weighted by Gasteiger charge is -2.36. The normalized spacial score (nSPS) is 30.9. The highest BCUT2D eigenvalue weighted by atomic mass is 28.4. The van der Waals surface area contributed by atoms with Gasteiger partial charge in [0.25, 0.3) is 0 Å². The molecule has 0 radical (unpaired) electrons. The van der Waals surface area contributed by atoms with Crippen molar-refractivity contribution in [1.82, 2.24) is 0 Å². The van der Waals surface area contributed by atoms with Crippen LogP contribution in [0.25, 0.3) is 0 Å². The first-order chi connectivity index (χ1) is 7.58. The van der Waals surface area contributed by atoms with E-state index in [1.165, 1.54) is 0 Å². The smallest absolute Gasteiger partial charge is 0.373 e. The second-order valence-electron chi connectivity index (χ2n) is 5.01. The molecule has 0 saturated carbocycles. The average molecular weight is 247 g/mol. The fourth-order valence-corrected chi connectivity index (χ4v) is 4.52. The average Bonchev–Trinajstić information content (AvgIpc) is 2.27. The predicted molar refractivity (Wildman–Crippen MR) is 66.1 cm³/mol. The van der Waals surface area contributed by atoms with Crippen molar-refractivity contribution >= 4 is 8.80 Å². The van der Waals surface area contributed by atoms with Crippen molar-refractivity contribution < 1.29 is 13.3 Å². The van der Waals surface area contributed by atoms with Gasteiger partial charge in [-0.25, -0.2) is 0 Å². The maximum Gasteiger partial charge on any atom is 0.501 e. The van der Waals surface area contributed by atoms with Crippen LogP contribution >= 0.6 is 0 Å². The Morgan fingerprint density at radius 3 is 2.50 bits per heavy atom. The maximum atomic E-state index is 5.92. The van der Waals surface area contributed by atoms with Crippen LogP contribution in [0.2, 0.25) is 6.04 Å². The molecule has 2 N–H and O–H groups in total. The van der Waals surface area contributed by atoms with Crippen LogP contribution in [0.5, 0.6) is 0 Å². The van der Waals surface area contributed by atoms with Gasteiger partial charge in [-0.3, -0.25) is 0 Å². The Morgan fingerprint density at radius 2 is 2.00 bits per heavy atom. The van der Waals surface area contributed by atoms with E-state index in [1.54, 1.807) is 0 Å². The number of rotatable bonds is 6. The van der Waals surface area contributed by atoms with Gasteiger partial charge in [0.2, 0.25) is 0 Å². The van der Waals surface area contributed by atoms with Gasteiger partial charge in [0.05, 0.1) is 0 Å². The van der Waals surface area contributed by atoms with Crippen molar-refractivity contribution in [1.29, 1.82) is 0 Å². The van der Waals surface area contributed by atoms with Gasteiger partial charge in [-0.1, -0.05) is 20.8 Å². The van der Waals surface area contributed by atoms with E-state index in [9.17, 15) is 0 Å². The zero-order chi connectivity index (χ0) is 12.0. The van der Waals surface area contributed by atoms with Crippen LogP contribution < -0.4 is 5.73 Å². The Morgan fingerprint density at radius 1 is 1.38 bits per heavy atom. The summed E-state index contributed by atoms with van der Waals surface area (Å²) >= 11 is 0. The van der Waals surface area contributed by atoms with E-state index >= 15 is 0 Å². The Bertz CT molecular complexity index is 188. The molecule has 96 valence electrons. The first-order valence-corrected chi connectivity index (χ1v) is 8.13. The second-order valence-corrected chi connectivity index (χ2v) is 7.74. The molecule has 0 bridgehead atoms. The largest absolute Gasteiger partial charge is 0.501 e. The zero-order valence-corrected chi connectivity index (χ0v) is 11.7. The minimum Gasteiger partial charge on any atom is -0.373 e. The van der Waals surface area contributed by atoms with Crippen molar-refractivity contribution in [2.75, 3.05) is 26.4 Å². The molecule has 0 amide bonds. The van der Waals surface area contributed by atoms with Gasteiger partial charge in [-0.05, 0) is 18.9 Å². The summed E-state index contributed by atoms with van der Waals surface area (Å²) in [6.07, 6.45) is 0.915. The summed E-state index contributed by atoms with van der Waals surface area (Å²) in [7, 11) is -2.39.